The Balaban J connectivity index is 1.99. The molecule has 1 heterocycles. The van der Waals surface area contributed by atoms with E-state index >= 15 is 0 Å². The molecule has 1 aliphatic heterocycles. The van der Waals surface area contributed by atoms with Crippen LogP contribution in [0.3, 0.4) is 0 Å². The Morgan fingerprint density at radius 3 is 2.52 bits per heavy atom. The number of amides is 1. The molecule has 23 heavy (non-hydrogen) atoms. The monoisotopic (exact) mass is 385 g/mol. The van der Waals surface area contributed by atoms with Crippen molar-refractivity contribution < 1.29 is 24.2 Å². The van der Waals surface area contributed by atoms with Crippen molar-refractivity contribution in [3.8, 4) is 5.75 Å². The Hall–Kier alpha value is -1.60. The van der Waals surface area contributed by atoms with Gasteiger partial charge in [0.2, 0.25) is 0 Å². The molecule has 126 valence electrons. The summed E-state index contributed by atoms with van der Waals surface area (Å²) in [6.45, 7) is 2.52. The molecule has 1 aromatic carbocycles. The number of ether oxygens (including phenoxy) is 2. The van der Waals surface area contributed by atoms with Crippen molar-refractivity contribution in [3.63, 3.8) is 0 Å². The minimum absolute atomic E-state index is 0.118. The maximum atomic E-state index is 12.4. The molecule has 0 aliphatic carbocycles. The molecule has 6 nitrogen and oxygen atoms in total. The zero-order chi connectivity index (χ0) is 16.9. The Morgan fingerprint density at radius 2 is 1.96 bits per heavy atom. The number of carbonyl (C=O) groups excluding carboxylic acids is 1. The van der Waals surface area contributed by atoms with Crippen LogP contribution in [0.2, 0.25) is 0 Å². The number of carbonyl (C=O) groups is 2. The van der Waals surface area contributed by atoms with Gasteiger partial charge in [0.1, 0.15) is 5.75 Å². The lowest BCUT2D eigenvalue weighted by Crippen LogP contribution is -2.56. The largest absolute Gasteiger partial charge is 0.481 e. The quantitative estimate of drug-likeness (QED) is 0.784. The maximum absolute atomic E-state index is 12.4. The van der Waals surface area contributed by atoms with Gasteiger partial charge < -0.3 is 19.9 Å². The summed E-state index contributed by atoms with van der Waals surface area (Å²) in [5.41, 5.74) is -0.765. The standard InChI is InChI=1S/C16H20BrNO5/c1-11(23-13-4-2-12(17)3-5-13)15(21)18-16(10-14(19)20)6-8-22-9-7-16/h2-5,11H,6-10H2,1H3,(H,18,21)(H,19,20). The Morgan fingerprint density at radius 1 is 1.35 bits per heavy atom. The van der Waals surface area contributed by atoms with Crippen LogP contribution >= 0.6 is 15.9 Å². The highest BCUT2D eigenvalue weighted by molar-refractivity contribution is 9.10. The third-order valence-corrected chi connectivity index (χ3v) is 4.35. The number of hydrogen-bond acceptors (Lipinski definition) is 4. The Kier molecular flexibility index (Phi) is 6.01. The molecule has 2 N–H and O–H groups in total. The number of halogens is 1. The summed E-state index contributed by atoms with van der Waals surface area (Å²) in [5.74, 6) is -0.681. The first-order chi connectivity index (χ1) is 10.9. The molecule has 1 aliphatic rings. The van der Waals surface area contributed by atoms with Crippen LogP contribution in [0, 0.1) is 0 Å². The van der Waals surface area contributed by atoms with Crippen molar-refractivity contribution in [2.24, 2.45) is 0 Å². The van der Waals surface area contributed by atoms with Gasteiger partial charge >= 0.3 is 5.97 Å². The van der Waals surface area contributed by atoms with Crippen LogP contribution in [0.25, 0.3) is 0 Å². The van der Waals surface area contributed by atoms with E-state index in [1.165, 1.54) is 0 Å². The van der Waals surface area contributed by atoms with Crippen molar-refractivity contribution >= 4 is 27.8 Å². The van der Waals surface area contributed by atoms with Crippen molar-refractivity contribution in [2.75, 3.05) is 13.2 Å². The fourth-order valence-corrected chi connectivity index (χ4v) is 2.80. The highest BCUT2D eigenvalue weighted by Gasteiger charge is 2.37. The van der Waals surface area contributed by atoms with Gasteiger partial charge in [-0.25, -0.2) is 0 Å². The highest BCUT2D eigenvalue weighted by atomic mass is 79.9. The molecule has 0 saturated carbocycles. The highest BCUT2D eigenvalue weighted by Crippen LogP contribution is 2.25. The van der Waals surface area contributed by atoms with Crippen LogP contribution < -0.4 is 10.1 Å². The number of carboxylic acids is 1. The molecule has 0 bridgehead atoms. The number of rotatable bonds is 6. The van der Waals surface area contributed by atoms with Crippen molar-refractivity contribution in [1.29, 1.82) is 0 Å². The summed E-state index contributed by atoms with van der Waals surface area (Å²) in [7, 11) is 0. The number of nitrogens with one attached hydrogen (secondary N) is 1. The van der Waals surface area contributed by atoms with Crippen LogP contribution in [0.5, 0.6) is 5.75 Å². The second-order valence-corrected chi connectivity index (χ2v) is 6.58. The second kappa shape index (κ2) is 7.79. The summed E-state index contributed by atoms with van der Waals surface area (Å²) in [6, 6.07) is 7.17. The lowest BCUT2D eigenvalue weighted by atomic mass is 9.86. The average Bonchev–Trinajstić information content (AvgIpc) is 2.49. The van der Waals surface area contributed by atoms with Crippen molar-refractivity contribution in [3.05, 3.63) is 28.7 Å². The van der Waals surface area contributed by atoms with Gasteiger partial charge in [0.15, 0.2) is 6.10 Å². The molecule has 1 atom stereocenters. The number of carboxylic acid groups (broad SMARTS) is 1. The second-order valence-electron chi connectivity index (χ2n) is 5.67. The van der Waals surface area contributed by atoms with Crippen LogP contribution in [-0.2, 0) is 14.3 Å². The van der Waals surface area contributed by atoms with Gasteiger partial charge in [-0.05, 0) is 44.0 Å². The fourth-order valence-electron chi connectivity index (χ4n) is 2.53. The summed E-state index contributed by atoms with van der Waals surface area (Å²) in [5, 5.41) is 12.0. The number of benzene rings is 1. The summed E-state index contributed by atoms with van der Waals surface area (Å²) >= 11 is 3.33. The first-order valence-electron chi connectivity index (χ1n) is 7.44. The molecule has 1 amide bonds. The molecule has 0 spiro atoms. The Bertz CT molecular complexity index is 554. The summed E-state index contributed by atoms with van der Waals surface area (Å²) in [4.78, 5) is 23.5. The van der Waals surface area contributed by atoms with Gasteiger partial charge in [0, 0.05) is 17.7 Å². The van der Waals surface area contributed by atoms with E-state index in [1.807, 2.05) is 12.1 Å². The first-order valence-corrected chi connectivity index (χ1v) is 8.23. The van der Waals surface area contributed by atoms with Crippen molar-refractivity contribution in [1.82, 2.24) is 5.32 Å². The SMILES string of the molecule is CC(Oc1ccc(Br)cc1)C(=O)NC1(CC(=O)O)CCOCC1. The zero-order valence-corrected chi connectivity index (χ0v) is 14.5. The molecule has 7 heteroatoms. The minimum atomic E-state index is -0.936. The van der Waals surface area contributed by atoms with Gasteiger partial charge in [-0.2, -0.15) is 0 Å². The van der Waals surface area contributed by atoms with Gasteiger partial charge in [0.25, 0.3) is 5.91 Å². The Labute approximate surface area is 143 Å². The van der Waals surface area contributed by atoms with Crippen molar-refractivity contribution in [2.45, 2.75) is 37.8 Å². The normalized spacial score (nSPS) is 18.0. The van der Waals surface area contributed by atoms with Gasteiger partial charge in [-0.3, -0.25) is 9.59 Å². The van der Waals surface area contributed by atoms with Crippen LogP contribution in [0.4, 0.5) is 0 Å². The molecular formula is C16H20BrNO5. The molecule has 0 aromatic heterocycles. The van der Waals surface area contributed by atoms with E-state index < -0.39 is 17.6 Å². The van der Waals surface area contributed by atoms with E-state index in [0.717, 1.165) is 4.47 Å². The predicted octanol–water partition coefficient (Wildman–Crippen LogP) is 2.36. The number of hydrogen-bond donors (Lipinski definition) is 2. The fraction of sp³-hybridized carbons (Fsp3) is 0.500. The van der Waals surface area contributed by atoms with Gasteiger partial charge in [-0.15, -0.1) is 0 Å². The smallest absolute Gasteiger partial charge is 0.305 e. The molecule has 1 fully saturated rings. The first kappa shape index (κ1) is 17.7. The van der Waals surface area contributed by atoms with E-state index in [1.54, 1.807) is 19.1 Å². The molecule has 2 rings (SSSR count). The summed E-state index contributed by atoms with van der Waals surface area (Å²) in [6.07, 6.45) is 0.129. The molecule has 1 unspecified atom stereocenters. The van der Waals surface area contributed by atoms with E-state index in [2.05, 4.69) is 21.2 Å². The minimum Gasteiger partial charge on any atom is -0.481 e. The zero-order valence-electron chi connectivity index (χ0n) is 12.9. The predicted molar refractivity (Wildman–Crippen MR) is 87.4 cm³/mol. The lowest BCUT2D eigenvalue weighted by molar-refractivity contribution is -0.141. The lowest BCUT2D eigenvalue weighted by Gasteiger charge is -2.37. The van der Waals surface area contributed by atoms with Crippen LogP contribution in [-0.4, -0.2) is 41.8 Å². The summed E-state index contributed by atoms with van der Waals surface area (Å²) < 4.78 is 11.8. The van der Waals surface area contributed by atoms with Crippen LogP contribution in [0.15, 0.2) is 28.7 Å². The topological polar surface area (TPSA) is 84.9 Å². The van der Waals surface area contributed by atoms with E-state index in [-0.39, 0.29) is 12.3 Å². The van der Waals surface area contributed by atoms with E-state index in [0.29, 0.717) is 31.8 Å². The molecular weight excluding hydrogens is 366 g/mol. The third kappa shape index (κ3) is 5.21. The van der Waals surface area contributed by atoms with Crippen LogP contribution in [0.1, 0.15) is 26.2 Å². The average molecular weight is 386 g/mol. The van der Waals surface area contributed by atoms with Gasteiger partial charge in [0.05, 0.1) is 12.0 Å². The van der Waals surface area contributed by atoms with E-state index in [4.69, 9.17) is 14.6 Å². The van der Waals surface area contributed by atoms with Gasteiger partial charge in [-0.1, -0.05) is 15.9 Å². The third-order valence-electron chi connectivity index (χ3n) is 3.82. The molecule has 1 aromatic rings. The molecule has 1 saturated heterocycles. The molecule has 0 radical (unpaired) electrons. The number of aliphatic carboxylic acids is 1. The maximum Gasteiger partial charge on any atom is 0.305 e. The van der Waals surface area contributed by atoms with E-state index in [9.17, 15) is 9.59 Å².